The van der Waals surface area contributed by atoms with Crippen molar-refractivity contribution in [3.8, 4) is 0 Å². The van der Waals surface area contributed by atoms with Gasteiger partial charge in [-0.2, -0.15) is 0 Å². The highest BCUT2D eigenvalue weighted by atomic mass is 15.1. The molecule has 3 aromatic rings. The maximum atomic E-state index is 7.64. The molecule has 0 spiro atoms. The van der Waals surface area contributed by atoms with Crippen LogP contribution in [0.2, 0.25) is 0 Å². The van der Waals surface area contributed by atoms with Gasteiger partial charge in [-0.25, -0.2) is 0 Å². The van der Waals surface area contributed by atoms with E-state index >= 15 is 0 Å². The van der Waals surface area contributed by atoms with Crippen LogP contribution in [0.3, 0.4) is 0 Å². The number of nitrogen functional groups attached to an aromatic ring is 2. The van der Waals surface area contributed by atoms with Crippen LogP contribution in [0.1, 0.15) is 38.9 Å². The van der Waals surface area contributed by atoms with E-state index in [-0.39, 0.29) is 11.7 Å². The standard InChI is InChI=1S/C27H34N6/c1-17-10-20(15-32(4)24-8-6-22(26(28)29)12-18(24)2)14-21(11-17)16-33(5)25-9-7-23(27(30)31)13-19(25)3/h6-14H,15-16H2,1-5H3,(H3,28,29)(H3,30,31). The molecule has 6 heteroatoms. The molecule has 6 nitrogen and oxygen atoms in total. The highest BCUT2D eigenvalue weighted by Crippen LogP contribution is 2.25. The van der Waals surface area contributed by atoms with Crippen LogP contribution < -0.4 is 21.3 Å². The summed E-state index contributed by atoms with van der Waals surface area (Å²) in [6.45, 7) is 7.80. The molecule has 0 saturated carbocycles. The van der Waals surface area contributed by atoms with E-state index in [4.69, 9.17) is 22.3 Å². The number of nitrogens with zero attached hydrogens (tertiary/aromatic N) is 2. The van der Waals surface area contributed by atoms with E-state index in [1.807, 2.05) is 36.4 Å². The zero-order valence-electron chi connectivity index (χ0n) is 20.2. The number of rotatable bonds is 8. The van der Waals surface area contributed by atoms with Gasteiger partial charge in [0.2, 0.25) is 0 Å². The average molecular weight is 443 g/mol. The predicted molar refractivity (Wildman–Crippen MR) is 140 cm³/mol. The fraction of sp³-hybridized carbons (Fsp3) is 0.259. The largest absolute Gasteiger partial charge is 0.384 e. The van der Waals surface area contributed by atoms with Crippen LogP contribution in [-0.4, -0.2) is 25.8 Å². The van der Waals surface area contributed by atoms with Gasteiger partial charge >= 0.3 is 0 Å². The minimum absolute atomic E-state index is 0.0888. The van der Waals surface area contributed by atoms with Crippen molar-refractivity contribution in [2.24, 2.45) is 11.5 Å². The molecule has 0 aliphatic rings. The van der Waals surface area contributed by atoms with Crippen molar-refractivity contribution in [2.45, 2.75) is 33.9 Å². The Morgan fingerprint density at radius 3 is 1.39 bits per heavy atom. The minimum atomic E-state index is 0.0888. The van der Waals surface area contributed by atoms with Gasteiger partial charge in [-0.3, -0.25) is 10.8 Å². The molecule has 3 rings (SSSR count). The van der Waals surface area contributed by atoms with Crippen molar-refractivity contribution in [2.75, 3.05) is 23.9 Å². The average Bonchev–Trinajstić information content (AvgIpc) is 2.72. The molecule has 0 radical (unpaired) electrons. The monoisotopic (exact) mass is 442 g/mol. The summed E-state index contributed by atoms with van der Waals surface area (Å²) >= 11 is 0. The normalized spacial score (nSPS) is 10.7. The topological polar surface area (TPSA) is 106 Å². The van der Waals surface area contributed by atoms with Crippen molar-refractivity contribution in [3.63, 3.8) is 0 Å². The molecular formula is C27H34N6. The maximum Gasteiger partial charge on any atom is 0.122 e. The molecule has 33 heavy (non-hydrogen) atoms. The summed E-state index contributed by atoms with van der Waals surface area (Å²) in [5, 5.41) is 15.3. The second-order valence-corrected chi connectivity index (χ2v) is 8.87. The first kappa shape index (κ1) is 23.9. The van der Waals surface area contributed by atoms with Crippen LogP contribution in [0.5, 0.6) is 0 Å². The number of hydrogen-bond acceptors (Lipinski definition) is 4. The lowest BCUT2D eigenvalue weighted by Crippen LogP contribution is -2.20. The number of amidine groups is 2. The first-order chi connectivity index (χ1) is 15.5. The fourth-order valence-electron chi connectivity index (χ4n) is 4.35. The summed E-state index contributed by atoms with van der Waals surface area (Å²) < 4.78 is 0. The van der Waals surface area contributed by atoms with Gasteiger partial charge in [0.1, 0.15) is 11.7 Å². The van der Waals surface area contributed by atoms with Gasteiger partial charge in [0.25, 0.3) is 0 Å². The Bertz CT molecular complexity index is 1110. The van der Waals surface area contributed by atoms with Gasteiger partial charge in [-0.05, 0) is 79.4 Å². The summed E-state index contributed by atoms with van der Waals surface area (Å²) in [6, 6.07) is 18.5. The third kappa shape index (κ3) is 5.71. The van der Waals surface area contributed by atoms with Crippen LogP contribution in [0, 0.1) is 31.6 Å². The van der Waals surface area contributed by atoms with Crippen molar-refractivity contribution >= 4 is 23.0 Å². The van der Waals surface area contributed by atoms with Crippen molar-refractivity contribution in [3.05, 3.63) is 93.5 Å². The first-order valence-corrected chi connectivity index (χ1v) is 11.0. The molecule has 0 aliphatic carbocycles. The van der Waals surface area contributed by atoms with Gasteiger partial charge in [0.15, 0.2) is 0 Å². The Kier molecular flexibility index (Phi) is 7.07. The maximum absolute atomic E-state index is 7.64. The first-order valence-electron chi connectivity index (χ1n) is 11.0. The van der Waals surface area contributed by atoms with E-state index in [0.29, 0.717) is 0 Å². The summed E-state index contributed by atoms with van der Waals surface area (Å²) in [6.07, 6.45) is 0. The molecule has 3 aromatic carbocycles. The van der Waals surface area contributed by atoms with E-state index in [0.717, 1.165) is 46.7 Å². The molecule has 0 amide bonds. The summed E-state index contributed by atoms with van der Waals surface area (Å²) in [4.78, 5) is 4.46. The number of anilines is 2. The molecule has 0 heterocycles. The Hall–Kier alpha value is -3.80. The lowest BCUT2D eigenvalue weighted by Gasteiger charge is -2.24. The van der Waals surface area contributed by atoms with Crippen LogP contribution in [0.25, 0.3) is 0 Å². The quantitative estimate of drug-likeness (QED) is 0.305. The number of nitrogens with two attached hydrogens (primary N) is 2. The Morgan fingerprint density at radius 2 is 1.06 bits per heavy atom. The van der Waals surface area contributed by atoms with Crippen LogP contribution in [0.4, 0.5) is 11.4 Å². The molecule has 0 fully saturated rings. The van der Waals surface area contributed by atoms with Gasteiger partial charge in [-0.15, -0.1) is 0 Å². The van der Waals surface area contributed by atoms with Crippen LogP contribution in [-0.2, 0) is 13.1 Å². The number of nitrogens with one attached hydrogen (secondary N) is 2. The van der Waals surface area contributed by atoms with E-state index in [1.165, 1.54) is 16.7 Å². The van der Waals surface area contributed by atoms with Crippen molar-refractivity contribution in [1.82, 2.24) is 0 Å². The smallest absolute Gasteiger partial charge is 0.122 e. The molecule has 172 valence electrons. The van der Waals surface area contributed by atoms with Crippen molar-refractivity contribution in [1.29, 1.82) is 10.8 Å². The number of hydrogen-bond donors (Lipinski definition) is 4. The van der Waals surface area contributed by atoms with Gasteiger partial charge in [0, 0.05) is 49.7 Å². The van der Waals surface area contributed by atoms with Crippen LogP contribution >= 0.6 is 0 Å². The highest BCUT2D eigenvalue weighted by molar-refractivity contribution is 5.96. The lowest BCUT2D eigenvalue weighted by atomic mass is 10.0. The Morgan fingerprint density at radius 1 is 0.667 bits per heavy atom. The zero-order chi connectivity index (χ0) is 24.3. The molecule has 0 aliphatic heterocycles. The third-order valence-corrected chi connectivity index (χ3v) is 5.87. The van der Waals surface area contributed by atoms with Gasteiger partial charge < -0.3 is 21.3 Å². The summed E-state index contributed by atoms with van der Waals surface area (Å²) in [5.74, 6) is 0.178. The number of aryl methyl sites for hydroxylation is 3. The number of benzene rings is 3. The van der Waals surface area contributed by atoms with Gasteiger partial charge in [-0.1, -0.05) is 23.8 Å². The third-order valence-electron chi connectivity index (χ3n) is 5.87. The fourth-order valence-corrected chi connectivity index (χ4v) is 4.35. The predicted octanol–water partition coefficient (Wildman–Crippen LogP) is 4.45. The molecular weight excluding hydrogens is 408 g/mol. The van der Waals surface area contributed by atoms with E-state index in [9.17, 15) is 0 Å². The highest BCUT2D eigenvalue weighted by Gasteiger charge is 2.11. The Labute approximate surface area is 196 Å². The second kappa shape index (κ2) is 9.77. The SMILES string of the molecule is Cc1cc(CN(C)c2ccc(C(=N)N)cc2C)cc(CN(C)c2ccc(C(=N)N)cc2C)c1. The van der Waals surface area contributed by atoms with E-state index in [1.54, 1.807) is 0 Å². The zero-order valence-corrected chi connectivity index (χ0v) is 20.2. The van der Waals surface area contributed by atoms with E-state index < -0.39 is 0 Å². The molecule has 0 saturated heterocycles. The lowest BCUT2D eigenvalue weighted by molar-refractivity contribution is 0.890. The van der Waals surface area contributed by atoms with E-state index in [2.05, 4.69) is 62.9 Å². The summed E-state index contributed by atoms with van der Waals surface area (Å²) in [7, 11) is 4.17. The molecule has 6 N–H and O–H groups in total. The molecule has 0 aromatic heterocycles. The minimum Gasteiger partial charge on any atom is -0.384 e. The van der Waals surface area contributed by atoms with Crippen molar-refractivity contribution < 1.29 is 0 Å². The molecule has 0 unspecified atom stereocenters. The molecule has 0 bridgehead atoms. The Balaban J connectivity index is 1.78. The van der Waals surface area contributed by atoms with Gasteiger partial charge in [0.05, 0.1) is 0 Å². The summed E-state index contributed by atoms with van der Waals surface area (Å²) in [5.41, 5.74) is 20.9. The van der Waals surface area contributed by atoms with Crippen LogP contribution in [0.15, 0.2) is 54.6 Å². The molecule has 0 atom stereocenters. The second-order valence-electron chi connectivity index (χ2n) is 8.87.